The maximum Gasteiger partial charge on any atom is 0.119 e. The van der Waals surface area contributed by atoms with E-state index in [1.54, 1.807) is 7.11 Å². The normalized spacial score (nSPS) is 17.7. The summed E-state index contributed by atoms with van der Waals surface area (Å²) < 4.78 is 5.17. The Morgan fingerprint density at radius 3 is 2.25 bits per heavy atom. The largest absolute Gasteiger partial charge is 0.497 e. The Hall–Kier alpha value is -1.22. The topological polar surface area (TPSA) is 24.5 Å². The number of rotatable bonds is 2. The molecule has 1 saturated heterocycles. The van der Waals surface area contributed by atoms with Gasteiger partial charge < -0.3 is 15.0 Å². The quantitative estimate of drug-likeness (QED) is 0.823. The fraction of sp³-hybridized carbons (Fsp3) is 0.538. The minimum atomic E-state index is 0.928. The van der Waals surface area contributed by atoms with Gasteiger partial charge in [0.1, 0.15) is 5.75 Å². The van der Waals surface area contributed by atoms with Crippen molar-refractivity contribution in [2.24, 2.45) is 0 Å². The maximum atomic E-state index is 5.17. The highest BCUT2D eigenvalue weighted by molar-refractivity contribution is 5.49. The second kappa shape index (κ2) is 5.75. The van der Waals surface area contributed by atoms with E-state index in [0.29, 0.717) is 0 Å². The van der Waals surface area contributed by atoms with Gasteiger partial charge in [-0.3, -0.25) is 0 Å². The van der Waals surface area contributed by atoms with Crippen molar-refractivity contribution < 1.29 is 4.74 Å². The van der Waals surface area contributed by atoms with Crippen LogP contribution in [0.1, 0.15) is 12.8 Å². The number of nitrogens with one attached hydrogen (secondary N) is 1. The molecular formula is C13H20N2O. The van der Waals surface area contributed by atoms with E-state index < -0.39 is 0 Å². The Kier molecular flexibility index (Phi) is 4.05. The number of hydrogen-bond acceptors (Lipinski definition) is 3. The molecule has 0 atom stereocenters. The molecule has 3 nitrogen and oxygen atoms in total. The van der Waals surface area contributed by atoms with Crippen LogP contribution in [-0.2, 0) is 0 Å². The van der Waals surface area contributed by atoms with Crippen LogP contribution in [0, 0.1) is 0 Å². The lowest BCUT2D eigenvalue weighted by Gasteiger charge is -2.27. The van der Waals surface area contributed by atoms with Crippen molar-refractivity contribution in [3.05, 3.63) is 24.3 Å². The first kappa shape index (κ1) is 11.3. The van der Waals surface area contributed by atoms with Crippen LogP contribution in [-0.4, -0.2) is 33.3 Å². The molecule has 0 saturated carbocycles. The van der Waals surface area contributed by atoms with Crippen LogP contribution in [0.4, 0.5) is 5.69 Å². The van der Waals surface area contributed by atoms with E-state index in [1.807, 2.05) is 12.1 Å². The molecule has 2 rings (SSSR count). The SMILES string of the molecule is COc1ccc(N2CCCNCCC2)cc1. The Morgan fingerprint density at radius 1 is 1.06 bits per heavy atom. The number of benzene rings is 1. The lowest BCUT2D eigenvalue weighted by molar-refractivity contribution is 0.415. The number of hydrogen-bond donors (Lipinski definition) is 1. The van der Waals surface area contributed by atoms with Gasteiger partial charge in [0.05, 0.1) is 7.11 Å². The van der Waals surface area contributed by atoms with Crippen LogP contribution in [0.5, 0.6) is 5.75 Å². The van der Waals surface area contributed by atoms with Crippen LogP contribution in [0.15, 0.2) is 24.3 Å². The number of ether oxygens (including phenoxy) is 1. The second-order valence-electron chi connectivity index (χ2n) is 4.14. The number of methoxy groups -OCH3 is 1. The maximum absolute atomic E-state index is 5.17. The molecule has 1 fully saturated rings. The Labute approximate surface area is 97.4 Å². The highest BCUT2D eigenvalue weighted by atomic mass is 16.5. The third-order valence-electron chi connectivity index (χ3n) is 3.00. The van der Waals surface area contributed by atoms with Crippen molar-refractivity contribution >= 4 is 5.69 Å². The number of anilines is 1. The molecule has 1 aromatic carbocycles. The molecule has 88 valence electrons. The van der Waals surface area contributed by atoms with E-state index in [2.05, 4.69) is 22.3 Å². The van der Waals surface area contributed by atoms with Crippen LogP contribution in [0.2, 0.25) is 0 Å². The zero-order valence-corrected chi connectivity index (χ0v) is 9.91. The Balaban J connectivity index is 2.02. The van der Waals surface area contributed by atoms with Gasteiger partial charge in [0, 0.05) is 18.8 Å². The summed E-state index contributed by atoms with van der Waals surface area (Å²) in [4.78, 5) is 2.46. The standard InChI is InChI=1S/C13H20N2O/c1-16-13-6-4-12(5-7-13)15-10-2-8-14-9-3-11-15/h4-7,14H,2-3,8-11H2,1H3. The lowest BCUT2D eigenvalue weighted by atomic mass is 10.2. The highest BCUT2D eigenvalue weighted by Crippen LogP contribution is 2.19. The molecule has 0 radical (unpaired) electrons. The zero-order valence-electron chi connectivity index (χ0n) is 9.91. The minimum absolute atomic E-state index is 0.928. The number of nitrogens with zero attached hydrogens (tertiary/aromatic N) is 1. The van der Waals surface area contributed by atoms with Crippen LogP contribution in [0.3, 0.4) is 0 Å². The second-order valence-corrected chi connectivity index (χ2v) is 4.14. The summed E-state index contributed by atoms with van der Waals surface area (Å²) in [5.74, 6) is 0.928. The summed E-state index contributed by atoms with van der Waals surface area (Å²) in [6.45, 7) is 4.54. The molecular weight excluding hydrogens is 200 g/mol. The Morgan fingerprint density at radius 2 is 1.69 bits per heavy atom. The first-order valence-electron chi connectivity index (χ1n) is 6.00. The smallest absolute Gasteiger partial charge is 0.119 e. The van der Waals surface area contributed by atoms with Gasteiger partial charge in [-0.15, -0.1) is 0 Å². The fourth-order valence-electron chi connectivity index (χ4n) is 2.08. The average molecular weight is 220 g/mol. The summed E-state index contributed by atoms with van der Waals surface area (Å²) in [5.41, 5.74) is 1.31. The molecule has 0 bridgehead atoms. The molecule has 0 unspecified atom stereocenters. The van der Waals surface area contributed by atoms with Crippen LogP contribution >= 0.6 is 0 Å². The first-order valence-corrected chi connectivity index (χ1v) is 6.00. The third-order valence-corrected chi connectivity index (χ3v) is 3.00. The summed E-state index contributed by atoms with van der Waals surface area (Å²) in [6.07, 6.45) is 2.43. The van der Waals surface area contributed by atoms with Gasteiger partial charge >= 0.3 is 0 Å². The molecule has 0 spiro atoms. The van der Waals surface area contributed by atoms with E-state index in [-0.39, 0.29) is 0 Å². The van der Waals surface area contributed by atoms with Crippen molar-refractivity contribution in [2.45, 2.75) is 12.8 Å². The minimum Gasteiger partial charge on any atom is -0.497 e. The van der Waals surface area contributed by atoms with Gasteiger partial charge in [0.15, 0.2) is 0 Å². The molecule has 1 aliphatic rings. The first-order chi connectivity index (χ1) is 7.90. The molecule has 0 aromatic heterocycles. The highest BCUT2D eigenvalue weighted by Gasteiger charge is 2.08. The van der Waals surface area contributed by atoms with E-state index in [0.717, 1.165) is 31.9 Å². The summed E-state index contributed by atoms with van der Waals surface area (Å²) in [5, 5.41) is 3.43. The lowest BCUT2D eigenvalue weighted by Crippen LogP contribution is -2.33. The average Bonchev–Trinajstić information content (AvgIpc) is 2.29. The summed E-state index contributed by atoms with van der Waals surface area (Å²) in [7, 11) is 1.71. The van der Waals surface area contributed by atoms with Gasteiger partial charge in [-0.2, -0.15) is 0 Å². The van der Waals surface area contributed by atoms with Gasteiger partial charge in [-0.25, -0.2) is 0 Å². The van der Waals surface area contributed by atoms with Crippen molar-refractivity contribution in [3.8, 4) is 5.75 Å². The predicted molar refractivity (Wildman–Crippen MR) is 67.3 cm³/mol. The van der Waals surface area contributed by atoms with Gasteiger partial charge in [0.25, 0.3) is 0 Å². The Bertz CT molecular complexity index is 302. The van der Waals surface area contributed by atoms with E-state index in [4.69, 9.17) is 4.74 Å². The van der Waals surface area contributed by atoms with Crippen LogP contribution in [0.25, 0.3) is 0 Å². The molecule has 1 aromatic rings. The molecule has 16 heavy (non-hydrogen) atoms. The summed E-state index contributed by atoms with van der Waals surface area (Å²) >= 11 is 0. The van der Waals surface area contributed by atoms with E-state index in [1.165, 1.54) is 18.5 Å². The van der Waals surface area contributed by atoms with E-state index >= 15 is 0 Å². The molecule has 1 aliphatic heterocycles. The predicted octanol–water partition coefficient (Wildman–Crippen LogP) is 1.89. The molecule has 1 heterocycles. The monoisotopic (exact) mass is 220 g/mol. The van der Waals surface area contributed by atoms with Crippen LogP contribution < -0.4 is 15.0 Å². The van der Waals surface area contributed by atoms with Gasteiger partial charge in [-0.1, -0.05) is 0 Å². The van der Waals surface area contributed by atoms with E-state index in [9.17, 15) is 0 Å². The summed E-state index contributed by atoms with van der Waals surface area (Å²) in [6, 6.07) is 8.36. The molecule has 0 amide bonds. The van der Waals surface area contributed by atoms with Gasteiger partial charge in [0.2, 0.25) is 0 Å². The third kappa shape index (κ3) is 2.89. The molecule has 1 N–H and O–H groups in total. The van der Waals surface area contributed by atoms with Crippen molar-refractivity contribution in [2.75, 3.05) is 38.2 Å². The molecule has 3 heteroatoms. The zero-order chi connectivity index (χ0) is 11.2. The fourth-order valence-corrected chi connectivity index (χ4v) is 2.08. The van der Waals surface area contributed by atoms with Crippen molar-refractivity contribution in [1.29, 1.82) is 0 Å². The van der Waals surface area contributed by atoms with Crippen molar-refractivity contribution in [3.63, 3.8) is 0 Å². The van der Waals surface area contributed by atoms with Crippen molar-refractivity contribution in [1.82, 2.24) is 5.32 Å². The van der Waals surface area contributed by atoms with Gasteiger partial charge in [-0.05, 0) is 50.2 Å². The molecule has 0 aliphatic carbocycles.